The van der Waals surface area contributed by atoms with Crippen LogP contribution < -0.4 is 14.2 Å². The molecule has 0 bridgehead atoms. The third kappa shape index (κ3) is 2.83. The highest BCUT2D eigenvalue weighted by molar-refractivity contribution is 6.15. The van der Waals surface area contributed by atoms with Crippen LogP contribution in [0.2, 0.25) is 0 Å². The normalized spacial score (nSPS) is 14.4. The zero-order valence-corrected chi connectivity index (χ0v) is 16.5. The number of aryl methyl sites for hydroxylation is 1. The smallest absolute Gasteiger partial charge is 0.231 e. The number of allylic oxidation sites excluding steroid dienone is 1. The molecule has 1 aromatic heterocycles. The Hall–Kier alpha value is -3.21. The third-order valence-electron chi connectivity index (χ3n) is 5.08. The van der Waals surface area contributed by atoms with Gasteiger partial charge in [0.15, 0.2) is 5.76 Å². The summed E-state index contributed by atoms with van der Waals surface area (Å²) >= 11 is 0. The van der Waals surface area contributed by atoms with Crippen molar-refractivity contribution in [2.75, 3.05) is 13.7 Å². The molecule has 0 aliphatic carbocycles. The van der Waals surface area contributed by atoms with Gasteiger partial charge in [0.05, 0.1) is 19.3 Å². The SMILES string of the molecule is CCOc1ccc2c(c1C)O/C(=C\c1cn(CC)c3ccc(OC)cc13)C2=O. The Kier molecular flexibility index (Phi) is 4.59. The molecule has 1 aliphatic rings. The molecule has 0 spiro atoms. The van der Waals surface area contributed by atoms with Crippen molar-refractivity contribution in [2.24, 2.45) is 0 Å². The summed E-state index contributed by atoms with van der Waals surface area (Å²) < 4.78 is 19.1. The molecular weight excluding hydrogens is 354 g/mol. The van der Waals surface area contributed by atoms with Crippen LogP contribution in [0, 0.1) is 6.92 Å². The van der Waals surface area contributed by atoms with Crippen molar-refractivity contribution >= 4 is 22.8 Å². The highest BCUT2D eigenvalue weighted by Gasteiger charge is 2.30. The highest BCUT2D eigenvalue weighted by atomic mass is 16.5. The number of carbonyl (C=O) groups is 1. The van der Waals surface area contributed by atoms with Gasteiger partial charge in [0, 0.05) is 34.8 Å². The summed E-state index contributed by atoms with van der Waals surface area (Å²) in [6.45, 7) is 7.33. The van der Waals surface area contributed by atoms with Crippen LogP contribution in [0.1, 0.15) is 35.3 Å². The fourth-order valence-corrected chi connectivity index (χ4v) is 3.63. The largest absolute Gasteiger partial charge is 0.497 e. The van der Waals surface area contributed by atoms with E-state index < -0.39 is 0 Å². The number of hydrogen-bond acceptors (Lipinski definition) is 4. The van der Waals surface area contributed by atoms with Crippen LogP contribution in [0.5, 0.6) is 17.2 Å². The lowest BCUT2D eigenvalue weighted by Crippen LogP contribution is -1.98. The fraction of sp³-hybridized carbons (Fsp3) is 0.261. The topological polar surface area (TPSA) is 49.7 Å². The summed E-state index contributed by atoms with van der Waals surface area (Å²) in [7, 11) is 1.65. The second-order valence-corrected chi connectivity index (χ2v) is 6.69. The van der Waals surface area contributed by atoms with Crippen LogP contribution in [0.3, 0.4) is 0 Å². The lowest BCUT2D eigenvalue weighted by atomic mass is 10.1. The van der Waals surface area contributed by atoms with Gasteiger partial charge < -0.3 is 18.8 Å². The van der Waals surface area contributed by atoms with E-state index >= 15 is 0 Å². The zero-order valence-electron chi connectivity index (χ0n) is 16.5. The van der Waals surface area contributed by atoms with E-state index in [4.69, 9.17) is 14.2 Å². The summed E-state index contributed by atoms with van der Waals surface area (Å²) in [5.41, 5.74) is 3.43. The minimum absolute atomic E-state index is 0.110. The molecule has 2 aromatic carbocycles. The third-order valence-corrected chi connectivity index (χ3v) is 5.08. The van der Waals surface area contributed by atoms with Crippen molar-refractivity contribution in [2.45, 2.75) is 27.3 Å². The first-order valence-electron chi connectivity index (χ1n) is 9.44. The molecule has 5 nitrogen and oxygen atoms in total. The molecule has 28 heavy (non-hydrogen) atoms. The van der Waals surface area contributed by atoms with Crippen LogP contribution in [0.15, 0.2) is 42.3 Å². The van der Waals surface area contributed by atoms with E-state index in [1.165, 1.54) is 0 Å². The molecule has 0 saturated carbocycles. The maximum atomic E-state index is 12.9. The molecular formula is C23H23NO4. The van der Waals surface area contributed by atoms with Gasteiger partial charge in [-0.2, -0.15) is 0 Å². The lowest BCUT2D eigenvalue weighted by molar-refractivity contribution is 0.101. The van der Waals surface area contributed by atoms with Crippen LogP contribution in [0.25, 0.3) is 17.0 Å². The molecule has 5 heteroatoms. The Morgan fingerprint density at radius 3 is 2.71 bits per heavy atom. The Labute approximate surface area is 164 Å². The van der Waals surface area contributed by atoms with Crippen LogP contribution >= 0.6 is 0 Å². The van der Waals surface area contributed by atoms with Gasteiger partial charge in [-0.1, -0.05) is 0 Å². The summed E-state index contributed by atoms with van der Waals surface area (Å²) in [5.74, 6) is 2.31. The van der Waals surface area contributed by atoms with Crippen LogP contribution in [-0.4, -0.2) is 24.1 Å². The van der Waals surface area contributed by atoms with E-state index in [9.17, 15) is 4.79 Å². The van der Waals surface area contributed by atoms with E-state index in [-0.39, 0.29) is 5.78 Å². The molecule has 0 fully saturated rings. The van der Waals surface area contributed by atoms with Crippen LogP contribution in [0.4, 0.5) is 0 Å². The number of benzene rings is 2. The van der Waals surface area contributed by atoms with Crippen molar-refractivity contribution < 1.29 is 19.0 Å². The average Bonchev–Trinajstić information content (AvgIpc) is 3.22. The number of hydrogen-bond donors (Lipinski definition) is 0. The Morgan fingerprint density at radius 1 is 1.18 bits per heavy atom. The molecule has 0 saturated heterocycles. The van der Waals surface area contributed by atoms with Gasteiger partial charge in [-0.25, -0.2) is 0 Å². The molecule has 0 amide bonds. The number of ketones is 1. The monoisotopic (exact) mass is 377 g/mol. The molecule has 2 heterocycles. The summed E-state index contributed by atoms with van der Waals surface area (Å²) in [4.78, 5) is 12.9. The lowest BCUT2D eigenvalue weighted by Gasteiger charge is -2.09. The van der Waals surface area contributed by atoms with Crippen LogP contribution in [-0.2, 0) is 6.54 Å². The Morgan fingerprint density at radius 2 is 2.00 bits per heavy atom. The van der Waals surface area contributed by atoms with E-state index in [2.05, 4.69) is 11.5 Å². The zero-order chi connectivity index (χ0) is 19.8. The molecule has 0 atom stereocenters. The second-order valence-electron chi connectivity index (χ2n) is 6.69. The molecule has 3 aromatic rings. The van der Waals surface area contributed by atoms with E-state index in [1.807, 2.05) is 50.4 Å². The van der Waals surface area contributed by atoms with Gasteiger partial charge in [-0.15, -0.1) is 0 Å². The van der Waals surface area contributed by atoms with E-state index in [0.29, 0.717) is 23.7 Å². The number of nitrogens with zero attached hydrogens (tertiary/aromatic N) is 1. The quantitative estimate of drug-likeness (QED) is 0.588. The second kappa shape index (κ2) is 7.08. The molecule has 1 aliphatic heterocycles. The number of Topliss-reactive ketones (excluding diaryl/α,β-unsaturated/α-hetero) is 1. The van der Waals surface area contributed by atoms with Gasteiger partial charge in [0.2, 0.25) is 5.78 Å². The van der Waals surface area contributed by atoms with Crippen molar-refractivity contribution in [3.8, 4) is 17.2 Å². The molecule has 0 unspecified atom stereocenters. The molecule has 0 radical (unpaired) electrons. The summed E-state index contributed by atoms with van der Waals surface area (Å²) in [6.07, 6.45) is 3.85. The summed E-state index contributed by atoms with van der Waals surface area (Å²) in [5, 5.41) is 1.02. The number of ether oxygens (including phenoxy) is 3. The van der Waals surface area contributed by atoms with Crippen molar-refractivity contribution in [1.29, 1.82) is 0 Å². The minimum atomic E-state index is -0.110. The molecule has 4 rings (SSSR count). The van der Waals surface area contributed by atoms with E-state index in [1.54, 1.807) is 13.2 Å². The number of methoxy groups -OCH3 is 1. The average molecular weight is 377 g/mol. The molecule has 144 valence electrons. The number of carbonyl (C=O) groups excluding carboxylic acids is 1. The van der Waals surface area contributed by atoms with Gasteiger partial charge >= 0.3 is 0 Å². The molecule has 0 N–H and O–H groups in total. The van der Waals surface area contributed by atoms with Gasteiger partial charge in [-0.05, 0) is 57.2 Å². The number of rotatable bonds is 5. The van der Waals surface area contributed by atoms with Gasteiger partial charge in [0.25, 0.3) is 0 Å². The number of fused-ring (bicyclic) bond motifs is 2. The first kappa shape index (κ1) is 18.2. The Balaban J connectivity index is 1.80. The first-order chi connectivity index (χ1) is 13.6. The van der Waals surface area contributed by atoms with E-state index in [0.717, 1.165) is 40.1 Å². The van der Waals surface area contributed by atoms with Gasteiger partial charge in [0.1, 0.15) is 17.2 Å². The van der Waals surface area contributed by atoms with Crippen molar-refractivity contribution in [3.05, 3.63) is 59.0 Å². The van der Waals surface area contributed by atoms with Crippen molar-refractivity contribution in [3.63, 3.8) is 0 Å². The summed E-state index contributed by atoms with van der Waals surface area (Å²) in [6, 6.07) is 9.56. The predicted molar refractivity (Wildman–Crippen MR) is 109 cm³/mol. The van der Waals surface area contributed by atoms with Gasteiger partial charge in [-0.3, -0.25) is 4.79 Å². The predicted octanol–water partition coefficient (Wildman–Crippen LogP) is 4.99. The fourth-order valence-electron chi connectivity index (χ4n) is 3.63. The number of aromatic nitrogens is 1. The minimum Gasteiger partial charge on any atom is -0.497 e. The maximum Gasteiger partial charge on any atom is 0.231 e. The maximum absolute atomic E-state index is 12.9. The van der Waals surface area contributed by atoms with Crippen molar-refractivity contribution in [1.82, 2.24) is 4.57 Å². The highest BCUT2D eigenvalue weighted by Crippen LogP contribution is 2.40. The first-order valence-corrected chi connectivity index (χ1v) is 9.44. The standard InChI is InChI=1S/C23H23NO4/c1-5-24-13-15(18-12-16(26-4)7-9-19(18)24)11-21-22(25)17-8-10-20(27-6-2)14(3)23(17)28-21/h7-13H,5-6H2,1-4H3/b21-11-. The Bertz CT molecular complexity index is 1110.